The third-order valence-corrected chi connectivity index (χ3v) is 5.30. The first-order valence-electron chi connectivity index (χ1n) is 9.23. The van der Waals surface area contributed by atoms with Crippen LogP contribution in [0, 0.1) is 0 Å². The number of nitrogens with zero attached hydrogens (tertiary/aromatic N) is 4. The third kappa shape index (κ3) is 3.16. The number of alkyl halides is 3. The second-order valence-electron chi connectivity index (χ2n) is 7.00. The molecule has 0 aliphatic rings. The number of nitrogens with one attached hydrogen (secondary N) is 1. The Kier molecular flexibility index (Phi) is 4.41. The molecule has 0 unspecified atom stereocenters. The van der Waals surface area contributed by atoms with Crippen molar-refractivity contribution in [1.82, 2.24) is 25.0 Å². The van der Waals surface area contributed by atoms with E-state index in [9.17, 15) is 18.0 Å². The smallest absolute Gasteiger partial charge is 0.397 e. The van der Waals surface area contributed by atoms with Crippen LogP contribution in [0.1, 0.15) is 5.69 Å². The summed E-state index contributed by atoms with van der Waals surface area (Å²) in [4.78, 5) is 17.4. The molecule has 2 aromatic carbocycles. The number of aromatic amines is 1. The molecule has 32 heavy (non-hydrogen) atoms. The first kappa shape index (κ1) is 20.0. The number of hydrogen-bond acceptors (Lipinski definition) is 5. The zero-order valence-electron chi connectivity index (χ0n) is 16.0. The molecule has 0 aliphatic carbocycles. The summed E-state index contributed by atoms with van der Waals surface area (Å²) in [5.74, 6) is 0. The van der Waals surface area contributed by atoms with Gasteiger partial charge in [0.25, 0.3) is 5.56 Å². The van der Waals surface area contributed by atoms with E-state index >= 15 is 0 Å². The van der Waals surface area contributed by atoms with Crippen LogP contribution in [0.3, 0.4) is 0 Å². The fourth-order valence-electron chi connectivity index (χ4n) is 3.55. The summed E-state index contributed by atoms with van der Waals surface area (Å²) in [6, 6.07) is 13.1. The van der Waals surface area contributed by atoms with Gasteiger partial charge in [-0.25, -0.2) is 4.98 Å². The lowest BCUT2D eigenvalue weighted by Gasteiger charge is -2.17. The number of nitrogen functional groups attached to an aromatic ring is 1. The molecule has 0 radical (unpaired) electrons. The molecule has 5 rings (SSSR count). The molecule has 0 aliphatic heterocycles. The predicted octanol–water partition coefficient (Wildman–Crippen LogP) is 4.58. The molecule has 3 N–H and O–H groups in total. The Morgan fingerprint density at radius 1 is 0.969 bits per heavy atom. The van der Waals surface area contributed by atoms with Crippen LogP contribution >= 0.6 is 11.6 Å². The highest BCUT2D eigenvalue weighted by molar-refractivity contribution is 6.30. The normalized spacial score (nSPS) is 12.0. The van der Waals surface area contributed by atoms with E-state index in [4.69, 9.17) is 17.3 Å². The third-order valence-electron chi connectivity index (χ3n) is 5.04. The highest BCUT2D eigenvalue weighted by atomic mass is 35.5. The van der Waals surface area contributed by atoms with Gasteiger partial charge in [0.2, 0.25) is 0 Å². The van der Waals surface area contributed by atoms with Crippen LogP contribution in [0.5, 0.6) is 0 Å². The number of pyridine rings is 2. The number of H-pyrrole nitrogens is 1. The summed E-state index contributed by atoms with van der Waals surface area (Å²) in [6.07, 6.45) is -4.69. The molecule has 0 bridgehead atoms. The lowest BCUT2D eigenvalue weighted by Crippen LogP contribution is -2.24. The van der Waals surface area contributed by atoms with Crippen molar-refractivity contribution < 1.29 is 13.2 Å². The van der Waals surface area contributed by atoms with Crippen molar-refractivity contribution in [3.63, 3.8) is 0 Å². The number of rotatable bonds is 2. The lowest BCUT2D eigenvalue weighted by atomic mass is 10.0. The van der Waals surface area contributed by atoms with Crippen LogP contribution in [0.4, 0.5) is 18.9 Å². The Bertz CT molecular complexity index is 1560. The number of halogens is 4. The maximum atomic E-state index is 13.6. The molecular formula is C21H12ClF3N6O. The van der Waals surface area contributed by atoms with Crippen LogP contribution in [0.25, 0.3) is 38.9 Å². The summed E-state index contributed by atoms with van der Waals surface area (Å²) < 4.78 is 41.2. The van der Waals surface area contributed by atoms with Crippen molar-refractivity contribution in [3.8, 4) is 16.8 Å². The van der Waals surface area contributed by atoms with E-state index in [2.05, 4.69) is 20.4 Å². The van der Waals surface area contributed by atoms with Crippen molar-refractivity contribution >= 4 is 39.4 Å². The quantitative estimate of drug-likeness (QED) is 0.405. The van der Waals surface area contributed by atoms with Gasteiger partial charge < -0.3 is 5.73 Å². The van der Waals surface area contributed by atoms with Crippen LogP contribution in [-0.4, -0.2) is 25.0 Å². The average molecular weight is 457 g/mol. The molecule has 3 heterocycles. The molecular weight excluding hydrogens is 445 g/mol. The van der Waals surface area contributed by atoms with E-state index in [-0.39, 0.29) is 22.3 Å². The summed E-state index contributed by atoms with van der Waals surface area (Å²) >= 11 is 5.95. The number of aromatic nitrogens is 5. The number of fused-ring (bicyclic) bond motifs is 2. The van der Waals surface area contributed by atoms with Gasteiger partial charge in [-0.15, -0.1) is 0 Å². The SMILES string of the molecule is Nc1c(-c2ccc3n[nH]nc3c2)c(=O)n(-c2ccc(Cl)cc2)c2nc(C(F)(F)F)ccc12. The summed E-state index contributed by atoms with van der Waals surface area (Å²) in [7, 11) is 0. The van der Waals surface area contributed by atoms with Crippen LogP contribution in [0.15, 0.2) is 59.4 Å². The molecule has 0 saturated carbocycles. The molecule has 160 valence electrons. The Morgan fingerprint density at radius 2 is 1.69 bits per heavy atom. The van der Waals surface area contributed by atoms with E-state index in [1.54, 1.807) is 18.2 Å². The van der Waals surface area contributed by atoms with Gasteiger partial charge in [-0.1, -0.05) is 17.7 Å². The fraction of sp³-hybridized carbons (Fsp3) is 0.0476. The topological polar surface area (TPSA) is 102 Å². The molecule has 0 spiro atoms. The Balaban J connectivity index is 1.90. The second kappa shape index (κ2) is 7.06. The standard InChI is InChI=1S/C21H12ClF3N6O/c22-11-2-4-12(5-3-11)31-19-13(6-8-16(27-19)21(23,24)25)18(26)17(20(31)32)10-1-7-14-15(9-10)29-30-28-14/h1-9H,26H2,(H,28,29,30). The number of hydrogen-bond donors (Lipinski definition) is 2. The minimum Gasteiger partial charge on any atom is -0.397 e. The van der Waals surface area contributed by atoms with Gasteiger partial charge >= 0.3 is 6.18 Å². The molecule has 0 saturated heterocycles. The van der Waals surface area contributed by atoms with Gasteiger partial charge in [0, 0.05) is 10.4 Å². The molecule has 7 nitrogen and oxygen atoms in total. The van der Waals surface area contributed by atoms with Gasteiger partial charge in [0.05, 0.1) is 16.9 Å². The highest BCUT2D eigenvalue weighted by Gasteiger charge is 2.33. The fourth-order valence-corrected chi connectivity index (χ4v) is 3.68. The zero-order chi connectivity index (χ0) is 22.6. The van der Waals surface area contributed by atoms with Crippen LogP contribution < -0.4 is 11.3 Å². The Morgan fingerprint density at radius 3 is 2.41 bits per heavy atom. The highest BCUT2D eigenvalue weighted by Crippen LogP contribution is 2.34. The van der Waals surface area contributed by atoms with Crippen LogP contribution in [0.2, 0.25) is 5.02 Å². The molecule has 5 aromatic rings. The molecule has 3 aromatic heterocycles. The molecule has 11 heteroatoms. The number of nitrogens with two attached hydrogens (primary N) is 1. The second-order valence-corrected chi connectivity index (χ2v) is 7.43. The van der Waals surface area contributed by atoms with Gasteiger partial charge in [-0.05, 0) is 54.1 Å². The van der Waals surface area contributed by atoms with Gasteiger partial charge in [-0.3, -0.25) is 9.36 Å². The van der Waals surface area contributed by atoms with Gasteiger partial charge in [-0.2, -0.15) is 28.6 Å². The zero-order valence-corrected chi connectivity index (χ0v) is 16.7. The molecule has 0 atom stereocenters. The van der Waals surface area contributed by atoms with Crippen LogP contribution in [-0.2, 0) is 6.18 Å². The Labute approximate surface area is 182 Å². The minimum absolute atomic E-state index is 0.0132. The summed E-state index contributed by atoms with van der Waals surface area (Å²) in [5.41, 5.74) is 6.27. The first-order valence-corrected chi connectivity index (χ1v) is 9.61. The lowest BCUT2D eigenvalue weighted by molar-refractivity contribution is -0.141. The summed E-state index contributed by atoms with van der Waals surface area (Å²) in [6.45, 7) is 0. The molecule has 0 fully saturated rings. The maximum absolute atomic E-state index is 13.6. The average Bonchev–Trinajstić information content (AvgIpc) is 3.22. The van der Waals surface area contributed by atoms with E-state index in [0.717, 1.165) is 10.6 Å². The Hall–Kier alpha value is -3.92. The van der Waals surface area contributed by atoms with Crippen molar-refractivity contribution in [2.45, 2.75) is 6.18 Å². The maximum Gasteiger partial charge on any atom is 0.433 e. The van der Waals surface area contributed by atoms with Gasteiger partial charge in [0.15, 0.2) is 0 Å². The minimum atomic E-state index is -4.69. The van der Waals surface area contributed by atoms with Crippen molar-refractivity contribution in [2.75, 3.05) is 5.73 Å². The van der Waals surface area contributed by atoms with Crippen molar-refractivity contribution in [2.24, 2.45) is 0 Å². The van der Waals surface area contributed by atoms with E-state index in [0.29, 0.717) is 27.3 Å². The largest absolute Gasteiger partial charge is 0.433 e. The monoisotopic (exact) mass is 456 g/mol. The number of anilines is 1. The number of benzene rings is 2. The van der Waals surface area contributed by atoms with Crippen molar-refractivity contribution in [3.05, 3.63) is 75.7 Å². The van der Waals surface area contributed by atoms with E-state index in [1.165, 1.54) is 30.3 Å². The summed E-state index contributed by atoms with van der Waals surface area (Å²) in [5, 5.41) is 11.1. The molecule has 0 amide bonds. The first-order chi connectivity index (χ1) is 15.2. The van der Waals surface area contributed by atoms with E-state index < -0.39 is 17.4 Å². The van der Waals surface area contributed by atoms with Crippen molar-refractivity contribution in [1.29, 1.82) is 0 Å². The van der Waals surface area contributed by atoms with Gasteiger partial charge in [0.1, 0.15) is 22.4 Å². The predicted molar refractivity (Wildman–Crippen MR) is 115 cm³/mol. The van der Waals surface area contributed by atoms with E-state index in [1.807, 2.05) is 0 Å².